The fourth-order valence-corrected chi connectivity index (χ4v) is 2.99. The number of amides is 1. The molecule has 148 valence electrons. The molecule has 27 heavy (non-hydrogen) atoms. The molecule has 1 aliphatic heterocycles. The number of nitrogens with two attached hydrogens (primary N) is 1. The molecule has 1 amide bonds. The predicted octanol–water partition coefficient (Wildman–Crippen LogP) is 5.75. The van der Waals surface area contributed by atoms with Gasteiger partial charge in [-0.25, -0.2) is 4.99 Å². The molecule has 0 fully saturated rings. The zero-order chi connectivity index (χ0) is 20.5. The molecule has 0 bridgehead atoms. The molecular weight excluding hydrogens is 493 g/mol. The zero-order valence-electron chi connectivity index (χ0n) is 16.0. The summed E-state index contributed by atoms with van der Waals surface area (Å²) in [4.78, 5) is 20.4. The molecule has 2 N–H and O–H groups in total. The third kappa shape index (κ3) is 13.4. The van der Waals surface area contributed by atoms with Crippen LogP contribution >= 0.6 is 41.5 Å². The van der Waals surface area contributed by atoms with Gasteiger partial charge in [-0.1, -0.05) is 40.5 Å². The van der Waals surface area contributed by atoms with E-state index in [4.69, 9.17) is 10.5 Å². The fraction of sp³-hybridized carbons (Fsp3) is 0.316. The Morgan fingerprint density at radius 2 is 2.19 bits per heavy atom. The molecule has 0 aliphatic carbocycles. The van der Waals surface area contributed by atoms with Crippen LogP contribution < -0.4 is 5.73 Å². The normalized spacial score (nSPS) is 19.2. The van der Waals surface area contributed by atoms with E-state index in [0.29, 0.717) is 6.61 Å². The predicted molar refractivity (Wildman–Crippen MR) is 127 cm³/mol. The molecule has 2 heterocycles. The Balaban J connectivity index is 0.000000702. The molecule has 0 aromatic carbocycles. The van der Waals surface area contributed by atoms with Crippen molar-refractivity contribution < 1.29 is 9.53 Å². The van der Waals surface area contributed by atoms with E-state index in [9.17, 15) is 4.79 Å². The van der Waals surface area contributed by atoms with E-state index in [2.05, 4.69) is 31.2 Å². The van der Waals surface area contributed by atoms with Crippen molar-refractivity contribution in [1.29, 1.82) is 0 Å². The first-order valence-electron chi connectivity index (χ1n) is 8.35. The van der Waals surface area contributed by atoms with Crippen LogP contribution in [-0.4, -0.2) is 23.7 Å². The molecule has 0 radical (unpaired) electrons. The number of hydrogen-bond acceptors (Lipinski definition) is 6. The standard InChI is InChI=1S/C13H15IN2O2S.C4H5NS.C2H6/c1-10-4-6-18-5-2-3-11(7-10)8-16-12(9-19-14)13(15)17;1-4-2-5-3-6-4;1-2/h2-3,5,7-9H,4,6H2,1H3,(H2,15,17);2-3H,1H3;1-2H3/b5-2+,10-7+,11-3+,12-9-,16-8-;;. The lowest BCUT2D eigenvalue weighted by atomic mass is 10.1. The number of nitrogens with zero attached hydrogens (tertiary/aromatic N) is 2. The zero-order valence-corrected chi connectivity index (χ0v) is 19.8. The number of aryl methyl sites for hydroxylation is 1. The van der Waals surface area contributed by atoms with E-state index >= 15 is 0 Å². The molecule has 0 saturated heterocycles. The highest BCUT2D eigenvalue weighted by molar-refractivity contribution is 14.2. The number of aliphatic imine (C=N–C) groups is 1. The number of primary amides is 1. The number of aromatic nitrogens is 1. The van der Waals surface area contributed by atoms with Gasteiger partial charge in [0, 0.05) is 50.3 Å². The number of thiazole rings is 1. The molecule has 0 saturated carbocycles. The molecule has 1 aliphatic rings. The first kappa shape index (κ1) is 25.6. The fourth-order valence-electron chi connectivity index (χ4n) is 1.60. The minimum atomic E-state index is -0.538. The lowest BCUT2D eigenvalue weighted by Crippen LogP contribution is -2.12. The number of rotatable bonds is 4. The second-order valence-electron chi connectivity index (χ2n) is 4.93. The monoisotopic (exact) mass is 519 g/mol. The smallest absolute Gasteiger partial charge is 0.267 e. The van der Waals surface area contributed by atoms with Crippen molar-refractivity contribution in [2.24, 2.45) is 10.7 Å². The Morgan fingerprint density at radius 1 is 1.44 bits per heavy atom. The van der Waals surface area contributed by atoms with Gasteiger partial charge in [-0.05, 0) is 25.5 Å². The van der Waals surface area contributed by atoms with Gasteiger partial charge in [0.1, 0.15) is 5.70 Å². The van der Waals surface area contributed by atoms with Gasteiger partial charge in [-0.2, -0.15) is 0 Å². The van der Waals surface area contributed by atoms with Crippen LogP contribution in [0.15, 0.2) is 63.4 Å². The summed E-state index contributed by atoms with van der Waals surface area (Å²) in [6.45, 7) is 8.73. The van der Waals surface area contributed by atoms with E-state index in [0.717, 1.165) is 12.0 Å². The number of allylic oxidation sites excluding steroid dienone is 4. The molecule has 1 aromatic rings. The molecular formula is C19H26IN3O2S2. The van der Waals surface area contributed by atoms with Crippen molar-refractivity contribution in [2.75, 3.05) is 6.61 Å². The highest BCUT2D eigenvalue weighted by Crippen LogP contribution is 2.16. The average Bonchev–Trinajstić information content (AvgIpc) is 3.16. The minimum absolute atomic E-state index is 0.242. The summed E-state index contributed by atoms with van der Waals surface area (Å²) in [5.41, 5.74) is 9.39. The second-order valence-corrected chi connectivity index (χ2v) is 7.96. The molecule has 0 unspecified atom stereocenters. The largest absolute Gasteiger partial charge is 0.501 e. The van der Waals surface area contributed by atoms with Gasteiger partial charge in [-0.15, -0.1) is 11.3 Å². The number of ether oxygens (including phenoxy) is 1. The second kappa shape index (κ2) is 16.8. The quantitative estimate of drug-likeness (QED) is 0.312. The van der Waals surface area contributed by atoms with Gasteiger partial charge in [0.25, 0.3) is 5.91 Å². The molecule has 0 spiro atoms. The van der Waals surface area contributed by atoms with Crippen molar-refractivity contribution in [1.82, 2.24) is 4.98 Å². The molecule has 5 nitrogen and oxygen atoms in total. The topological polar surface area (TPSA) is 77.6 Å². The van der Waals surface area contributed by atoms with Crippen molar-refractivity contribution in [2.45, 2.75) is 34.1 Å². The Hall–Kier alpha value is -1.39. The van der Waals surface area contributed by atoms with E-state index in [1.165, 1.54) is 19.4 Å². The van der Waals surface area contributed by atoms with Crippen LogP contribution in [0.2, 0.25) is 0 Å². The van der Waals surface area contributed by atoms with Crippen molar-refractivity contribution in [3.8, 4) is 0 Å². The van der Waals surface area contributed by atoms with Gasteiger partial charge >= 0.3 is 0 Å². The maximum absolute atomic E-state index is 11.2. The van der Waals surface area contributed by atoms with Crippen LogP contribution in [-0.2, 0) is 9.53 Å². The average molecular weight is 519 g/mol. The van der Waals surface area contributed by atoms with Crippen LogP contribution in [0, 0.1) is 6.92 Å². The number of carbonyl (C=O) groups is 1. The molecule has 2 rings (SSSR count). The SMILES string of the molecule is CC.C\C1=C/C(/C=N\C(=C/SI)C(N)=O)=C\C=C\OCC1.Cc1cncs1. The summed E-state index contributed by atoms with van der Waals surface area (Å²) in [6.07, 6.45) is 11.7. The van der Waals surface area contributed by atoms with Gasteiger partial charge in [0.2, 0.25) is 0 Å². The van der Waals surface area contributed by atoms with Gasteiger partial charge < -0.3 is 10.5 Å². The third-order valence-corrected chi connectivity index (χ3v) is 4.59. The highest BCUT2D eigenvalue weighted by atomic mass is 127. The summed E-state index contributed by atoms with van der Waals surface area (Å²) < 4.78 is 5.28. The molecule has 1 aromatic heterocycles. The number of halogens is 1. The van der Waals surface area contributed by atoms with Crippen LogP contribution in [0.25, 0.3) is 0 Å². The first-order valence-corrected chi connectivity index (χ1v) is 12.6. The summed E-state index contributed by atoms with van der Waals surface area (Å²) in [6, 6.07) is 0. The summed E-state index contributed by atoms with van der Waals surface area (Å²) in [7, 11) is 1.36. The Morgan fingerprint density at radius 3 is 2.70 bits per heavy atom. The van der Waals surface area contributed by atoms with Crippen LogP contribution in [0.1, 0.15) is 32.1 Å². The van der Waals surface area contributed by atoms with Crippen LogP contribution in [0.3, 0.4) is 0 Å². The summed E-state index contributed by atoms with van der Waals surface area (Å²) in [5.74, 6) is -0.538. The van der Waals surface area contributed by atoms with Gasteiger partial charge in [0.15, 0.2) is 0 Å². The molecule has 0 atom stereocenters. The van der Waals surface area contributed by atoms with Crippen molar-refractivity contribution in [3.05, 3.63) is 63.3 Å². The number of hydrogen-bond donors (Lipinski definition) is 1. The summed E-state index contributed by atoms with van der Waals surface area (Å²) in [5, 5.41) is 1.62. The maximum Gasteiger partial charge on any atom is 0.267 e. The van der Waals surface area contributed by atoms with E-state index in [1.54, 1.807) is 35.3 Å². The van der Waals surface area contributed by atoms with E-state index in [-0.39, 0.29) is 5.70 Å². The van der Waals surface area contributed by atoms with Crippen LogP contribution in [0.4, 0.5) is 0 Å². The lowest BCUT2D eigenvalue weighted by Gasteiger charge is -2.00. The lowest BCUT2D eigenvalue weighted by molar-refractivity contribution is -0.114. The van der Waals surface area contributed by atoms with E-state index in [1.807, 2.05) is 51.6 Å². The third-order valence-electron chi connectivity index (χ3n) is 2.81. The highest BCUT2D eigenvalue weighted by Gasteiger charge is 2.02. The Bertz CT molecular complexity index is 694. The van der Waals surface area contributed by atoms with Gasteiger partial charge in [0.05, 0.1) is 18.4 Å². The summed E-state index contributed by atoms with van der Waals surface area (Å²) >= 11 is 3.72. The number of carbonyl (C=O) groups excluding carboxylic acids is 1. The van der Waals surface area contributed by atoms with Crippen LogP contribution in [0.5, 0.6) is 0 Å². The Kier molecular flexibility index (Phi) is 15.9. The van der Waals surface area contributed by atoms with Crippen molar-refractivity contribution in [3.63, 3.8) is 0 Å². The molecule has 8 heteroatoms. The first-order chi connectivity index (χ1) is 13.0. The Labute approximate surface area is 182 Å². The minimum Gasteiger partial charge on any atom is -0.501 e. The maximum atomic E-state index is 11.2. The van der Waals surface area contributed by atoms with Crippen molar-refractivity contribution >= 4 is 53.6 Å². The van der Waals surface area contributed by atoms with E-state index < -0.39 is 5.91 Å². The van der Waals surface area contributed by atoms with Gasteiger partial charge in [-0.3, -0.25) is 9.78 Å².